The molecule has 1 aromatic carbocycles. The van der Waals surface area contributed by atoms with Crippen molar-refractivity contribution in [2.45, 2.75) is 12.5 Å². The number of amides is 1. The third-order valence-electron chi connectivity index (χ3n) is 4.75. The van der Waals surface area contributed by atoms with E-state index in [4.69, 9.17) is 4.74 Å². The van der Waals surface area contributed by atoms with Crippen LogP contribution >= 0.6 is 0 Å². The Morgan fingerprint density at radius 1 is 1.44 bits per heavy atom. The maximum atomic E-state index is 13.0. The van der Waals surface area contributed by atoms with Gasteiger partial charge in [0.1, 0.15) is 5.75 Å². The average molecular weight is 344 g/mol. The van der Waals surface area contributed by atoms with Crippen molar-refractivity contribution in [1.82, 2.24) is 20.0 Å². The molecule has 7 heteroatoms. The van der Waals surface area contributed by atoms with Crippen molar-refractivity contribution < 1.29 is 14.6 Å². The van der Waals surface area contributed by atoms with E-state index in [0.717, 1.165) is 17.9 Å². The lowest BCUT2D eigenvalue weighted by Crippen LogP contribution is -2.53. The van der Waals surface area contributed by atoms with Crippen LogP contribution in [0.1, 0.15) is 16.8 Å². The third kappa shape index (κ3) is 3.67. The number of methoxy groups -OCH3 is 1. The van der Waals surface area contributed by atoms with Gasteiger partial charge in [0, 0.05) is 37.8 Å². The maximum absolute atomic E-state index is 13.0. The molecule has 1 aliphatic rings. The number of nitrogens with one attached hydrogen (secondary N) is 1. The molecule has 0 aliphatic carbocycles. The van der Waals surface area contributed by atoms with Gasteiger partial charge in [-0.3, -0.25) is 14.8 Å². The molecular weight excluding hydrogens is 320 g/mol. The van der Waals surface area contributed by atoms with E-state index >= 15 is 0 Å². The monoisotopic (exact) mass is 344 g/mol. The van der Waals surface area contributed by atoms with Gasteiger partial charge in [-0.05, 0) is 25.6 Å². The number of rotatable bonds is 5. The average Bonchev–Trinajstić information content (AvgIpc) is 3.13. The zero-order chi connectivity index (χ0) is 17.8. The van der Waals surface area contributed by atoms with Crippen LogP contribution in [0.3, 0.4) is 0 Å². The molecule has 7 nitrogen and oxygen atoms in total. The number of nitrogens with zero attached hydrogens (tertiary/aromatic N) is 3. The van der Waals surface area contributed by atoms with E-state index in [9.17, 15) is 9.90 Å². The lowest BCUT2D eigenvalue weighted by molar-refractivity contribution is 0.0501. The number of benzene rings is 1. The first-order chi connectivity index (χ1) is 12.1. The van der Waals surface area contributed by atoms with Crippen LogP contribution in [-0.4, -0.2) is 77.5 Å². The van der Waals surface area contributed by atoms with Crippen molar-refractivity contribution in [3.05, 3.63) is 36.0 Å². The molecule has 1 aliphatic heterocycles. The second kappa shape index (κ2) is 7.67. The molecule has 2 N–H and O–H groups in total. The van der Waals surface area contributed by atoms with Gasteiger partial charge in [0.05, 0.1) is 24.6 Å². The van der Waals surface area contributed by atoms with Gasteiger partial charge in [-0.15, -0.1) is 0 Å². The van der Waals surface area contributed by atoms with E-state index in [1.165, 1.54) is 0 Å². The summed E-state index contributed by atoms with van der Waals surface area (Å²) in [4.78, 5) is 17.1. The molecule has 25 heavy (non-hydrogen) atoms. The quantitative estimate of drug-likeness (QED) is 0.852. The summed E-state index contributed by atoms with van der Waals surface area (Å²) < 4.78 is 5.26. The summed E-state index contributed by atoms with van der Waals surface area (Å²) in [6, 6.07) is 7.72. The Kier molecular flexibility index (Phi) is 5.35. The van der Waals surface area contributed by atoms with E-state index in [0.29, 0.717) is 30.8 Å². The minimum Gasteiger partial charge on any atom is -0.497 e. The topological polar surface area (TPSA) is 81.7 Å². The van der Waals surface area contributed by atoms with Crippen molar-refractivity contribution in [3.63, 3.8) is 0 Å². The van der Waals surface area contributed by atoms with Crippen molar-refractivity contribution in [2.75, 3.05) is 40.4 Å². The number of carbonyl (C=O) groups is 1. The lowest BCUT2D eigenvalue weighted by Gasteiger charge is -2.39. The molecule has 0 bridgehead atoms. The first kappa shape index (κ1) is 17.4. The van der Waals surface area contributed by atoms with Crippen molar-refractivity contribution >= 4 is 5.91 Å². The van der Waals surface area contributed by atoms with Crippen molar-refractivity contribution in [3.8, 4) is 17.0 Å². The molecule has 1 fully saturated rings. The predicted molar refractivity (Wildman–Crippen MR) is 94.6 cm³/mol. The Morgan fingerprint density at radius 3 is 3.04 bits per heavy atom. The standard InChI is InChI=1S/C18H24N4O3/c1-21-7-8-22(12-14(21)6-9-23)18(24)16-11-19-20-17(16)13-4-3-5-15(10-13)25-2/h3-5,10-11,14,23H,6-9,12H2,1-2H3,(H,19,20). The van der Waals surface area contributed by atoms with Gasteiger partial charge in [0.25, 0.3) is 5.91 Å². The molecule has 0 saturated carbocycles. The van der Waals surface area contributed by atoms with Gasteiger partial charge in [0.15, 0.2) is 0 Å². The molecular formula is C18H24N4O3. The molecule has 1 amide bonds. The van der Waals surface area contributed by atoms with Crippen molar-refractivity contribution in [1.29, 1.82) is 0 Å². The zero-order valence-electron chi connectivity index (χ0n) is 14.6. The summed E-state index contributed by atoms with van der Waals surface area (Å²) in [7, 11) is 3.64. The smallest absolute Gasteiger partial charge is 0.257 e. The second-order valence-corrected chi connectivity index (χ2v) is 6.29. The van der Waals surface area contributed by atoms with Crippen LogP contribution in [0.2, 0.25) is 0 Å². The van der Waals surface area contributed by atoms with Gasteiger partial charge in [-0.2, -0.15) is 5.10 Å². The van der Waals surface area contributed by atoms with Crippen LogP contribution in [0.4, 0.5) is 0 Å². The third-order valence-corrected chi connectivity index (χ3v) is 4.75. The molecule has 2 aromatic rings. The molecule has 3 rings (SSSR count). The van der Waals surface area contributed by atoms with E-state index < -0.39 is 0 Å². The van der Waals surface area contributed by atoms with Crippen LogP contribution in [0.25, 0.3) is 11.3 Å². The minimum atomic E-state index is -0.0393. The number of hydrogen-bond acceptors (Lipinski definition) is 5. The first-order valence-electron chi connectivity index (χ1n) is 8.42. The fourth-order valence-electron chi connectivity index (χ4n) is 3.21. The summed E-state index contributed by atoms with van der Waals surface area (Å²) in [6.45, 7) is 2.19. The number of H-pyrrole nitrogens is 1. The maximum Gasteiger partial charge on any atom is 0.257 e. The van der Waals surface area contributed by atoms with Gasteiger partial charge in [-0.1, -0.05) is 12.1 Å². The van der Waals surface area contributed by atoms with E-state index in [1.807, 2.05) is 36.2 Å². The van der Waals surface area contributed by atoms with Crippen molar-refractivity contribution in [2.24, 2.45) is 0 Å². The van der Waals surface area contributed by atoms with Gasteiger partial charge >= 0.3 is 0 Å². The van der Waals surface area contributed by atoms with Crippen LogP contribution < -0.4 is 4.74 Å². The molecule has 0 radical (unpaired) electrons. The number of hydrogen-bond donors (Lipinski definition) is 2. The Balaban J connectivity index is 1.83. The SMILES string of the molecule is COc1cccc(-c2[nH]ncc2C(=O)N2CCN(C)C(CCO)C2)c1. The highest BCUT2D eigenvalue weighted by atomic mass is 16.5. The van der Waals surface area contributed by atoms with E-state index in [2.05, 4.69) is 15.1 Å². The highest BCUT2D eigenvalue weighted by molar-refractivity contribution is 5.99. The van der Waals surface area contributed by atoms with Crippen LogP contribution in [0, 0.1) is 0 Å². The Hall–Kier alpha value is -2.38. The Labute approximate surface area is 147 Å². The number of aromatic nitrogens is 2. The zero-order valence-corrected chi connectivity index (χ0v) is 14.6. The highest BCUT2D eigenvalue weighted by Gasteiger charge is 2.29. The Morgan fingerprint density at radius 2 is 2.28 bits per heavy atom. The molecule has 1 unspecified atom stereocenters. The minimum absolute atomic E-state index is 0.0393. The fourth-order valence-corrected chi connectivity index (χ4v) is 3.21. The highest BCUT2D eigenvalue weighted by Crippen LogP contribution is 2.26. The number of aliphatic hydroxyl groups is 1. The number of carbonyl (C=O) groups excluding carboxylic acids is 1. The molecule has 1 aromatic heterocycles. The molecule has 2 heterocycles. The van der Waals surface area contributed by atoms with Gasteiger partial charge in [0.2, 0.25) is 0 Å². The molecule has 0 spiro atoms. The number of aromatic amines is 1. The fraction of sp³-hybridized carbons (Fsp3) is 0.444. The number of aliphatic hydroxyl groups excluding tert-OH is 1. The van der Waals surface area contributed by atoms with Crippen LogP contribution in [0.5, 0.6) is 5.75 Å². The van der Waals surface area contributed by atoms with Crippen LogP contribution in [-0.2, 0) is 0 Å². The van der Waals surface area contributed by atoms with Gasteiger partial charge in [-0.25, -0.2) is 0 Å². The van der Waals surface area contributed by atoms with E-state index in [-0.39, 0.29) is 18.6 Å². The summed E-state index contributed by atoms with van der Waals surface area (Å²) in [6.07, 6.45) is 2.24. The summed E-state index contributed by atoms with van der Waals surface area (Å²) in [5.74, 6) is 0.690. The van der Waals surface area contributed by atoms with Gasteiger partial charge < -0.3 is 14.7 Å². The Bertz CT molecular complexity index is 731. The predicted octanol–water partition coefficient (Wildman–Crippen LogP) is 1.22. The van der Waals surface area contributed by atoms with Crippen LogP contribution in [0.15, 0.2) is 30.5 Å². The second-order valence-electron chi connectivity index (χ2n) is 6.29. The molecule has 1 saturated heterocycles. The number of likely N-dealkylation sites (N-methyl/N-ethyl adjacent to an activating group) is 1. The molecule has 1 atom stereocenters. The lowest BCUT2D eigenvalue weighted by atomic mass is 10.0. The number of piperazine rings is 1. The normalized spacial score (nSPS) is 18.4. The first-order valence-corrected chi connectivity index (χ1v) is 8.42. The summed E-state index contributed by atoms with van der Waals surface area (Å²) in [5, 5.41) is 16.2. The largest absolute Gasteiger partial charge is 0.497 e. The van der Waals surface area contributed by atoms with E-state index in [1.54, 1.807) is 13.3 Å². The summed E-state index contributed by atoms with van der Waals surface area (Å²) in [5.41, 5.74) is 2.11. The number of ether oxygens (including phenoxy) is 1. The molecule has 134 valence electrons. The summed E-state index contributed by atoms with van der Waals surface area (Å²) >= 11 is 0.